The van der Waals surface area contributed by atoms with Crippen LogP contribution in [0.3, 0.4) is 0 Å². The third kappa shape index (κ3) is 1.93. The summed E-state index contributed by atoms with van der Waals surface area (Å²) < 4.78 is 0. The number of nitrogens with zero attached hydrogens (tertiary/aromatic N) is 2. The van der Waals surface area contributed by atoms with E-state index in [0.29, 0.717) is 5.82 Å². The van der Waals surface area contributed by atoms with E-state index in [1.54, 1.807) is 17.2 Å². The van der Waals surface area contributed by atoms with Crippen LogP contribution in [0, 0.1) is 0 Å². The van der Waals surface area contributed by atoms with Gasteiger partial charge in [0.2, 0.25) is 5.91 Å². The molecule has 1 atom stereocenters. The maximum Gasteiger partial charge on any atom is 0.229 e. The van der Waals surface area contributed by atoms with Crippen LogP contribution >= 0.6 is 0 Å². The second-order valence-electron chi connectivity index (χ2n) is 3.97. The van der Waals surface area contributed by atoms with Crippen LogP contribution in [0.4, 0.5) is 5.82 Å². The second-order valence-corrected chi connectivity index (χ2v) is 3.97. The summed E-state index contributed by atoms with van der Waals surface area (Å²) in [6.45, 7) is 0.859. The van der Waals surface area contributed by atoms with Gasteiger partial charge in [-0.3, -0.25) is 4.79 Å². The lowest BCUT2D eigenvalue weighted by molar-refractivity contribution is -0.133. The van der Waals surface area contributed by atoms with Gasteiger partial charge in [0.15, 0.2) is 0 Å². The summed E-state index contributed by atoms with van der Waals surface area (Å²) in [6, 6.07) is 3.64. The molecule has 1 aromatic rings. The van der Waals surface area contributed by atoms with Crippen LogP contribution in [-0.2, 0) is 4.79 Å². The number of nitrogen functional groups attached to an aromatic ring is 1. The number of nitrogens with two attached hydrogens (primary N) is 1. The van der Waals surface area contributed by atoms with E-state index in [0.717, 1.165) is 24.9 Å². The molecule has 0 aliphatic carbocycles. The van der Waals surface area contributed by atoms with Crippen LogP contribution in [0.25, 0.3) is 0 Å². The molecule has 0 radical (unpaired) electrons. The minimum Gasteiger partial charge on any atom is -0.384 e. The average molecular weight is 205 g/mol. The first-order chi connectivity index (χ1) is 7.18. The molecule has 1 amide bonds. The lowest BCUT2D eigenvalue weighted by Crippen LogP contribution is -2.37. The van der Waals surface area contributed by atoms with Crippen LogP contribution in [-0.4, -0.2) is 29.4 Å². The van der Waals surface area contributed by atoms with Gasteiger partial charge in [-0.05, 0) is 24.5 Å². The van der Waals surface area contributed by atoms with E-state index >= 15 is 0 Å². The van der Waals surface area contributed by atoms with Crippen LogP contribution < -0.4 is 5.73 Å². The van der Waals surface area contributed by atoms with Crippen molar-refractivity contribution in [1.29, 1.82) is 0 Å². The summed E-state index contributed by atoms with van der Waals surface area (Å²) in [5.41, 5.74) is 6.48. The van der Waals surface area contributed by atoms with Gasteiger partial charge in [-0.15, -0.1) is 0 Å². The van der Waals surface area contributed by atoms with Crippen molar-refractivity contribution >= 4 is 11.7 Å². The summed E-state index contributed by atoms with van der Waals surface area (Å²) in [6.07, 6.45) is 3.67. The predicted octanol–water partition coefficient (Wildman–Crippen LogP) is 1.000. The van der Waals surface area contributed by atoms with Crippen molar-refractivity contribution in [2.24, 2.45) is 0 Å². The summed E-state index contributed by atoms with van der Waals surface area (Å²) in [4.78, 5) is 17.7. The zero-order chi connectivity index (χ0) is 10.8. The van der Waals surface area contributed by atoms with Gasteiger partial charge in [0, 0.05) is 19.8 Å². The molecule has 4 heteroatoms. The summed E-state index contributed by atoms with van der Waals surface area (Å²) in [5, 5.41) is 0. The number of anilines is 1. The van der Waals surface area contributed by atoms with Gasteiger partial charge in [0.25, 0.3) is 0 Å². The van der Waals surface area contributed by atoms with E-state index < -0.39 is 0 Å². The van der Waals surface area contributed by atoms with E-state index in [1.807, 2.05) is 13.1 Å². The molecule has 2 N–H and O–H groups in total. The normalized spacial score (nSPS) is 21.8. The van der Waals surface area contributed by atoms with Crippen molar-refractivity contribution < 1.29 is 4.79 Å². The zero-order valence-electron chi connectivity index (χ0n) is 8.81. The smallest absolute Gasteiger partial charge is 0.229 e. The Labute approximate surface area is 89.1 Å². The second kappa shape index (κ2) is 3.88. The summed E-state index contributed by atoms with van der Waals surface area (Å²) >= 11 is 0. The Balaban J connectivity index is 2.22. The van der Waals surface area contributed by atoms with Crippen molar-refractivity contribution in [2.45, 2.75) is 18.8 Å². The molecule has 0 aromatic carbocycles. The molecule has 2 rings (SSSR count). The Bertz CT molecular complexity index is 361. The molecule has 80 valence electrons. The first-order valence-electron chi connectivity index (χ1n) is 5.15. The molecule has 1 aromatic heterocycles. The highest BCUT2D eigenvalue weighted by Gasteiger charge is 2.27. The summed E-state index contributed by atoms with van der Waals surface area (Å²) in [7, 11) is 1.85. The fourth-order valence-corrected chi connectivity index (χ4v) is 1.96. The Kier molecular flexibility index (Phi) is 2.58. The number of carbonyl (C=O) groups excluding carboxylic acids is 1. The molecule has 1 saturated heterocycles. The largest absolute Gasteiger partial charge is 0.384 e. The number of hydrogen-bond acceptors (Lipinski definition) is 3. The maximum absolute atomic E-state index is 11.9. The SMILES string of the molecule is CN1CCCC(c2ccc(N)nc2)C1=O. The molecular formula is C11H15N3O. The molecule has 1 aliphatic rings. The van der Waals surface area contributed by atoms with Crippen LogP contribution in [0.1, 0.15) is 24.3 Å². The number of likely N-dealkylation sites (tertiary alicyclic amines) is 1. The van der Waals surface area contributed by atoms with Gasteiger partial charge >= 0.3 is 0 Å². The van der Waals surface area contributed by atoms with Gasteiger partial charge in [-0.1, -0.05) is 6.07 Å². The first kappa shape index (κ1) is 9.96. The van der Waals surface area contributed by atoms with Gasteiger partial charge in [0.05, 0.1) is 5.92 Å². The molecule has 0 saturated carbocycles. The minimum absolute atomic E-state index is 0.0307. The Morgan fingerprint density at radius 2 is 2.33 bits per heavy atom. The highest BCUT2D eigenvalue weighted by atomic mass is 16.2. The lowest BCUT2D eigenvalue weighted by atomic mass is 9.91. The molecule has 4 nitrogen and oxygen atoms in total. The molecular weight excluding hydrogens is 190 g/mol. The van der Waals surface area contributed by atoms with Gasteiger partial charge < -0.3 is 10.6 Å². The average Bonchev–Trinajstić information content (AvgIpc) is 2.24. The predicted molar refractivity (Wildman–Crippen MR) is 58.3 cm³/mol. The number of pyridine rings is 1. The molecule has 0 spiro atoms. The fraction of sp³-hybridized carbons (Fsp3) is 0.455. The molecule has 0 bridgehead atoms. The van der Waals surface area contributed by atoms with E-state index in [-0.39, 0.29) is 11.8 Å². The molecule has 15 heavy (non-hydrogen) atoms. The van der Waals surface area contributed by atoms with Gasteiger partial charge in [-0.2, -0.15) is 0 Å². The maximum atomic E-state index is 11.9. The third-order valence-electron chi connectivity index (χ3n) is 2.87. The monoisotopic (exact) mass is 205 g/mol. The molecule has 1 fully saturated rings. The standard InChI is InChI=1S/C11H15N3O/c1-14-6-2-3-9(11(14)15)8-4-5-10(12)13-7-8/h4-5,7,9H,2-3,6H2,1H3,(H2,12,13). The number of aromatic nitrogens is 1. The lowest BCUT2D eigenvalue weighted by Gasteiger charge is -2.29. The number of carbonyl (C=O) groups is 1. The van der Waals surface area contributed by atoms with Crippen molar-refractivity contribution in [3.05, 3.63) is 23.9 Å². The fourth-order valence-electron chi connectivity index (χ4n) is 1.96. The molecule has 2 heterocycles. The number of likely N-dealkylation sites (N-methyl/N-ethyl adjacent to an activating group) is 1. The van der Waals surface area contributed by atoms with Crippen LogP contribution in [0.15, 0.2) is 18.3 Å². The Morgan fingerprint density at radius 3 is 3.00 bits per heavy atom. The number of hydrogen-bond donors (Lipinski definition) is 1. The first-order valence-corrected chi connectivity index (χ1v) is 5.15. The highest BCUT2D eigenvalue weighted by Crippen LogP contribution is 2.27. The van der Waals surface area contributed by atoms with Crippen molar-refractivity contribution in [1.82, 2.24) is 9.88 Å². The Morgan fingerprint density at radius 1 is 1.53 bits per heavy atom. The molecule has 1 unspecified atom stereocenters. The minimum atomic E-state index is -0.0307. The quantitative estimate of drug-likeness (QED) is 0.744. The van der Waals surface area contributed by atoms with Crippen molar-refractivity contribution in [3.8, 4) is 0 Å². The number of piperidine rings is 1. The van der Waals surface area contributed by atoms with E-state index in [2.05, 4.69) is 4.98 Å². The zero-order valence-corrected chi connectivity index (χ0v) is 8.81. The van der Waals surface area contributed by atoms with Crippen molar-refractivity contribution in [2.75, 3.05) is 19.3 Å². The molecule has 1 aliphatic heterocycles. The van der Waals surface area contributed by atoms with Crippen LogP contribution in [0.2, 0.25) is 0 Å². The third-order valence-corrected chi connectivity index (χ3v) is 2.87. The van der Waals surface area contributed by atoms with Crippen molar-refractivity contribution in [3.63, 3.8) is 0 Å². The highest BCUT2D eigenvalue weighted by molar-refractivity contribution is 5.84. The van der Waals surface area contributed by atoms with Crippen LogP contribution in [0.5, 0.6) is 0 Å². The number of rotatable bonds is 1. The Hall–Kier alpha value is -1.58. The van der Waals surface area contributed by atoms with E-state index in [9.17, 15) is 4.79 Å². The number of amides is 1. The van der Waals surface area contributed by atoms with E-state index in [1.165, 1.54) is 0 Å². The topological polar surface area (TPSA) is 59.2 Å². The van der Waals surface area contributed by atoms with E-state index in [4.69, 9.17) is 5.73 Å². The van der Waals surface area contributed by atoms with Gasteiger partial charge in [-0.25, -0.2) is 4.98 Å². The van der Waals surface area contributed by atoms with Gasteiger partial charge in [0.1, 0.15) is 5.82 Å². The summed E-state index contributed by atoms with van der Waals surface area (Å²) in [5.74, 6) is 0.653.